The van der Waals surface area contributed by atoms with Gasteiger partial charge in [-0.3, -0.25) is 4.79 Å². The van der Waals surface area contributed by atoms with Crippen molar-refractivity contribution in [3.8, 4) is 5.75 Å². The van der Waals surface area contributed by atoms with Gasteiger partial charge in [0, 0.05) is 10.7 Å². The molecule has 0 bridgehead atoms. The third-order valence-corrected chi connectivity index (χ3v) is 5.10. The molecule has 0 aliphatic carbocycles. The minimum absolute atomic E-state index is 0.0592. The standard InChI is InChI=1S/C21H21BrClN3O2/c1-3-18(15-6-4-14(2)5-7-15)24-21(27)19-10-11-26(25-19)13-28-20-9-8-16(22)12-17(20)23/h4-12,18H,3,13H2,1-2H3,(H,24,27). The van der Waals surface area contributed by atoms with Crippen LogP contribution in [0.1, 0.15) is 41.0 Å². The van der Waals surface area contributed by atoms with Gasteiger partial charge in [-0.15, -0.1) is 0 Å². The van der Waals surface area contributed by atoms with Crippen molar-refractivity contribution >= 4 is 33.4 Å². The average Bonchev–Trinajstić information content (AvgIpc) is 3.15. The number of carbonyl (C=O) groups excluding carboxylic acids is 1. The smallest absolute Gasteiger partial charge is 0.272 e. The number of carbonyl (C=O) groups is 1. The Morgan fingerprint density at radius 1 is 1.25 bits per heavy atom. The number of amides is 1. The number of rotatable bonds is 7. The maximum atomic E-state index is 12.6. The molecule has 28 heavy (non-hydrogen) atoms. The zero-order valence-electron chi connectivity index (χ0n) is 15.7. The van der Waals surface area contributed by atoms with Crippen LogP contribution in [0.15, 0.2) is 59.2 Å². The van der Waals surface area contributed by atoms with Crippen LogP contribution in [0.3, 0.4) is 0 Å². The number of hydrogen-bond donors (Lipinski definition) is 1. The van der Waals surface area contributed by atoms with Crippen LogP contribution in [0, 0.1) is 6.92 Å². The molecule has 7 heteroatoms. The lowest BCUT2D eigenvalue weighted by Crippen LogP contribution is -2.28. The second-order valence-corrected chi connectivity index (χ2v) is 7.76. The number of nitrogens with zero attached hydrogens (tertiary/aromatic N) is 2. The van der Waals surface area contributed by atoms with Gasteiger partial charge >= 0.3 is 0 Å². The van der Waals surface area contributed by atoms with Crippen LogP contribution < -0.4 is 10.1 Å². The highest BCUT2D eigenvalue weighted by atomic mass is 79.9. The number of aromatic nitrogens is 2. The minimum Gasteiger partial charge on any atom is -0.470 e. The second-order valence-electron chi connectivity index (χ2n) is 6.43. The first-order valence-corrected chi connectivity index (χ1v) is 10.1. The van der Waals surface area contributed by atoms with Crippen LogP contribution in [-0.4, -0.2) is 15.7 Å². The van der Waals surface area contributed by atoms with E-state index in [4.69, 9.17) is 16.3 Å². The highest BCUT2D eigenvalue weighted by molar-refractivity contribution is 9.10. The van der Waals surface area contributed by atoms with E-state index < -0.39 is 0 Å². The van der Waals surface area contributed by atoms with Crippen LogP contribution in [0.2, 0.25) is 5.02 Å². The molecule has 0 fully saturated rings. The summed E-state index contributed by atoms with van der Waals surface area (Å²) in [5, 5.41) is 7.84. The van der Waals surface area contributed by atoms with Gasteiger partial charge in [0.15, 0.2) is 6.73 Å². The van der Waals surface area contributed by atoms with Crippen LogP contribution in [0.4, 0.5) is 0 Å². The quantitative estimate of drug-likeness (QED) is 0.502. The van der Waals surface area contributed by atoms with E-state index in [1.165, 1.54) is 5.56 Å². The summed E-state index contributed by atoms with van der Waals surface area (Å²) in [5.74, 6) is 0.338. The topological polar surface area (TPSA) is 56.2 Å². The van der Waals surface area contributed by atoms with E-state index in [9.17, 15) is 4.79 Å². The van der Waals surface area contributed by atoms with Crippen molar-refractivity contribution in [3.05, 3.63) is 81.0 Å². The molecular weight excluding hydrogens is 442 g/mol. The summed E-state index contributed by atoms with van der Waals surface area (Å²) in [4.78, 5) is 12.6. The van der Waals surface area contributed by atoms with Crippen molar-refractivity contribution in [1.29, 1.82) is 0 Å². The molecule has 1 amide bonds. The average molecular weight is 463 g/mol. The van der Waals surface area contributed by atoms with E-state index in [1.54, 1.807) is 29.1 Å². The summed E-state index contributed by atoms with van der Waals surface area (Å²) >= 11 is 9.50. The molecule has 0 aliphatic rings. The first-order valence-electron chi connectivity index (χ1n) is 8.95. The van der Waals surface area contributed by atoms with Gasteiger partial charge in [-0.25, -0.2) is 4.68 Å². The van der Waals surface area contributed by atoms with Gasteiger partial charge in [0.25, 0.3) is 5.91 Å². The summed E-state index contributed by atoms with van der Waals surface area (Å²) in [5.41, 5.74) is 2.61. The molecule has 0 saturated heterocycles. The van der Waals surface area contributed by atoms with Gasteiger partial charge in [0.05, 0.1) is 11.1 Å². The second kappa shape index (κ2) is 9.26. The fourth-order valence-corrected chi connectivity index (χ4v) is 3.46. The molecule has 0 aliphatic heterocycles. The van der Waals surface area contributed by atoms with E-state index >= 15 is 0 Å². The maximum absolute atomic E-state index is 12.6. The van der Waals surface area contributed by atoms with E-state index in [2.05, 4.69) is 26.3 Å². The zero-order valence-corrected chi connectivity index (χ0v) is 18.0. The third kappa shape index (κ3) is 5.14. The molecule has 1 heterocycles. The monoisotopic (exact) mass is 461 g/mol. The van der Waals surface area contributed by atoms with Crippen LogP contribution in [-0.2, 0) is 6.73 Å². The molecule has 146 valence electrons. The highest BCUT2D eigenvalue weighted by Crippen LogP contribution is 2.27. The number of halogens is 2. The lowest BCUT2D eigenvalue weighted by atomic mass is 10.0. The fraction of sp³-hybridized carbons (Fsp3) is 0.238. The molecule has 1 aromatic heterocycles. The Hall–Kier alpha value is -2.31. The Labute approximate surface area is 177 Å². The number of aryl methyl sites for hydroxylation is 1. The van der Waals surface area contributed by atoms with Gasteiger partial charge in [-0.1, -0.05) is 64.3 Å². The molecule has 3 aromatic rings. The van der Waals surface area contributed by atoms with Crippen LogP contribution in [0.25, 0.3) is 0 Å². The Morgan fingerprint density at radius 2 is 2.00 bits per heavy atom. The molecule has 3 rings (SSSR count). The summed E-state index contributed by atoms with van der Waals surface area (Å²) in [6, 6.07) is 15.2. The molecule has 1 atom stereocenters. The Balaban J connectivity index is 1.62. The SMILES string of the molecule is CCC(NC(=O)c1ccn(COc2ccc(Br)cc2Cl)n1)c1ccc(C)cc1. The molecule has 1 N–H and O–H groups in total. The summed E-state index contributed by atoms with van der Waals surface area (Å²) in [7, 11) is 0. The van der Waals surface area contributed by atoms with Crippen molar-refractivity contribution in [3.63, 3.8) is 0 Å². The predicted molar refractivity (Wildman–Crippen MR) is 114 cm³/mol. The van der Waals surface area contributed by atoms with E-state index in [0.717, 1.165) is 16.5 Å². The summed E-state index contributed by atoms with van der Waals surface area (Å²) in [6.07, 6.45) is 2.50. The van der Waals surface area contributed by atoms with Gasteiger partial charge in [-0.2, -0.15) is 5.10 Å². The lowest BCUT2D eigenvalue weighted by molar-refractivity contribution is 0.0928. The van der Waals surface area contributed by atoms with Crippen LogP contribution >= 0.6 is 27.5 Å². The van der Waals surface area contributed by atoms with Crippen molar-refractivity contribution < 1.29 is 9.53 Å². The van der Waals surface area contributed by atoms with Gasteiger partial charge in [-0.05, 0) is 43.2 Å². The molecule has 1 unspecified atom stereocenters. The number of hydrogen-bond acceptors (Lipinski definition) is 3. The molecule has 0 saturated carbocycles. The summed E-state index contributed by atoms with van der Waals surface area (Å²) < 4.78 is 8.10. The van der Waals surface area contributed by atoms with Crippen molar-refractivity contribution in [1.82, 2.24) is 15.1 Å². The number of nitrogens with one attached hydrogen (secondary N) is 1. The number of benzene rings is 2. The predicted octanol–water partition coefficient (Wildman–Crippen LogP) is 5.53. The largest absolute Gasteiger partial charge is 0.470 e. The lowest BCUT2D eigenvalue weighted by Gasteiger charge is -2.17. The third-order valence-electron chi connectivity index (χ3n) is 4.31. The molecule has 2 aromatic carbocycles. The van der Waals surface area contributed by atoms with Gasteiger partial charge < -0.3 is 10.1 Å². The maximum Gasteiger partial charge on any atom is 0.272 e. The first kappa shape index (κ1) is 20.4. The van der Waals surface area contributed by atoms with Crippen molar-refractivity contribution in [2.24, 2.45) is 0 Å². The zero-order chi connectivity index (χ0) is 20.1. The molecule has 0 radical (unpaired) electrons. The Bertz CT molecular complexity index is 957. The summed E-state index contributed by atoms with van der Waals surface area (Å²) in [6.45, 7) is 4.24. The fourth-order valence-electron chi connectivity index (χ4n) is 2.73. The van der Waals surface area contributed by atoms with Gasteiger partial charge in [0.1, 0.15) is 11.4 Å². The first-order chi connectivity index (χ1) is 13.5. The molecular formula is C21H21BrClN3O2. The van der Waals surface area contributed by atoms with Gasteiger partial charge in [0.2, 0.25) is 0 Å². The Morgan fingerprint density at radius 3 is 2.68 bits per heavy atom. The normalized spacial score (nSPS) is 11.9. The van der Waals surface area contributed by atoms with E-state index in [0.29, 0.717) is 16.5 Å². The molecule has 5 nitrogen and oxygen atoms in total. The van der Waals surface area contributed by atoms with Crippen LogP contribution in [0.5, 0.6) is 5.75 Å². The molecule has 0 spiro atoms. The number of ether oxygens (including phenoxy) is 1. The minimum atomic E-state index is -0.215. The van der Waals surface area contributed by atoms with Crippen molar-refractivity contribution in [2.45, 2.75) is 33.0 Å². The Kier molecular flexibility index (Phi) is 6.75. The van der Waals surface area contributed by atoms with E-state index in [-0.39, 0.29) is 18.7 Å². The van der Waals surface area contributed by atoms with E-state index in [1.807, 2.05) is 44.2 Å². The highest BCUT2D eigenvalue weighted by Gasteiger charge is 2.16. The van der Waals surface area contributed by atoms with Crippen molar-refractivity contribution in [2.75, 3.05) is 0 Å².